The van der Waals surface area contributed by atoms with E-state index in [9.17, 15) is 0 Å². The molecule has 0 aliphatic carbocycles. The van der Waals surface area contributed by atoms with Crippen LogP contribution in [0.1, 0.15) is 0 Å². The first kappa shape index (κ1) is 47.1. The molecule has 0 saturated heterocycles. The minimum Gasteiger partial charge on any atom is -0.311 e. The Morgan fingerprint density at radius 2 is 0.524 bits per heavy atom. The third kappa shape index (κ3) is 7.76. The lowest BCUT2D eigenvalue weighted by molar-refractivity contribution is 1.17. The second-order valence-corrected chi connectivity index (χ2v) is 21.3. The molecule has 0 amide bonds. The van der Waals surface area contributed by atoms with Crippen LogP contribution in [0.3, 0.4) is 0 Å². The Kier molecular flexibility index (Phi) is 11.2. The van der Waals surface area contributed by atoms with Gasteiger partial charge in [-0.1, -0.05) is 200 Å². The Morgan fingerprint density at radius 3 is 1.04 bits per heavy atom. The van der Waals surface area contributed by atoms with Crippen molar-refractivity contribution in [1.82, 2.24) is 13.7 Å². The van der Waals surface area contributed by atoms with Crippen molar-refractivity contribution in [1.29, 1.82) is 0 Å². The Hall–Kier alpha value is -10.9. The molecule has 0 bridgehead atoms. The highest BCUT2D eigenvalue weighted by Crippen LogP contribution is 2.46. The van der Waals surface area contributed by atoms with Gasteiger partial charge in [0.1, 0.15) is 0 Å². The fourth-order valence-corrected chi connectivity index (χ4v) is 12.9. The molecule has 0 N–H and O–H groups in total. The first-order valence-corrected chi connectivity index (χ1v) is 28.2. The van der Waals surface area contributed by atoms with Gasteiger partial charge in [0.05, 0.1) is 33.1 Å². The topological polar surface area (TPSA) is 18.0 Å². The summed E-state index contributed by atoms with van der Waals surface area (Å²) in [5.41, 5.74) is 23.2. The number of rotatable bonds is 10. The van der Waals surface area contributed by atoms with Crippen LogP contribution in [0.25, 0.3) is 127 Å². The van der Waals surface area contributed by atoms with Gasteiger partial charge in [0.15, 0.2) is 0 Å². The minimum atomic E-state index is 1.08. The van der Waals surface area contributed by atoms with Crippen molar-refractivity contribution >= 4 is 82.5 Å². The zero-order chi connectivity index (χ0) is 54.1. The van der Waals surface area contributed by atoms with Gasteiger partial charge in [0.25, 0.3) is 0 Å². The van der Waals surface area contributed by atoms with Crippen LogP contribution in [-0.2, 0) is 0 Å². The minimum absolute atomic E-state index is 1.08. The highest BCUT2D eigenvalue weighted by Gasteiger charge is 2.23. The molecule has 3 aromatic heterocycles. The van der Waals surface area contributed by atoms with Crippen LogP contribution in [0.5, 0.6) is 0 Å². The van der Waals surface area contributed by atoms with E-state index in [0.29, 0.717) is 0 Å². The van der Waals surface area contributed by atoms with Gasteiger partial charge >= 0.3 is 0 Å². The average Bonchev–Trinajstić information content (AvgIpc) is 4.39. The van der Waals surface area contributed by atoms with Gasteiger partial charge in [-0.05, 0) is 160 Å². The molecule has 4 nitrogen and oxygen atoms in total. The lowest BCUT2D eigenvalue weighted by Gasteiger charge is -2.26. The van der Waals surface area contributed by atoms with Crippen LogP contribution in [-0.4, -0.2) is 13.7 Å². The van der Waals surface area contributed by atoms with E-state index in [-0.39, 0.29) is 0 Å². The molecule has 0 spiro atoms. The maximum absolute atomic E-state index is 2.48. The van der Waals surface area contributed by atoms with E-state index in [0.717, 1.165) is 45.2 Å². The quantitative estimate of drug-likeness (QED) is 0.133. The van der Waals surface area contributed by atoms with Gasteiger partial charge in [0.2, 0.25) is 0 Å². The first-order chi connectivity index (χ1) is 40.7. The molecule has 0 unspecified atom stereocenters. The summed E-state index contributed by atoms with van der Waals surface area (Å²) in [5, 5.41) is 7.34. The van der Waals surface area contributed by atoms with E-state index in [4.69, 9.17) is 0 Å². The predicted molar refractivity (Wildman–Crippen MR) is 346 cm³/mol. The molecule has 0 atom stereocenters. The van der Waals surface area contributed by atoms with Crippen molar-refractivity contribution in [3.8, 4) is 61.6 Å². The van der Waals surface area contributed by atoms with Crippen molar-refractivity contribution < 1.29 is 0 Å². The number of nitrogens with zero attached hydrogens (tertiary/aromatic N) is 4. The smallest absolute Gasteiger partial charge is 0.0547 e. The van der Waals surface area contributed by atoms with Gasteiger partial charge in [-0.2, -0.15) is 0 Å². The molecule has 0 saturated carbocycles. The van der Waals surface area contributed by atoms with Crippen LogP contribution >= 0.6 is 0 Å². The molecule has 384 valence electrons. The molecule has 4 heteroatoms. The maximum atomic E-state index is 2.48. The number of aromatic nitrogens is 3. The molecule has 3 heterocycles. The SMILES string of the molecule is c1ccc(-c2ccc(N(c3ccc(-c4ccccc4)cc3)c3ccc(-n4c5ccccc5c5c(-c6cccc7c6c6ccccc6n7-c6ccc7c(c6)c6cc(-c8ccccc8)ccc6n7-c6ccccc6)cccc54)cc3)cc2)cc1. The van der Waals surface area contributed by atoms with E-state index >= 15 is 0 Å². The molecule has 82 heavy (non-hydrogen) atoms. The molecule has 13 aromatic carbocycles. The summed E-state index contributed by atoms with van der Waals surface area (Å²) in [4.78, 5) is 2.36. The van der Waals surface area contributed by atoms with E-state index < -0.39 is 0 Å². The fourth-order valence-electron chi connectivity index (χ4n) is 12.9. The van der Waals surface area contributed by atoms with Crippen LogP contribution in [0.2, 0.25) is 0 Å². The van der Waals surface area contributed by atoms with Crippen LogP contribution in [0.4, 0.5) is 17.1 Å². The highest BCUT2D eigenvalue weighted by atomic mass is 15.1. The van der Waals surface area contributed by atoms with Gasteiger partial charge in [-0.3, -0.25) is 0 Å². The van der Waals surface area contributed by atoms with Crippen molar-refractivity contribution in [2.24, 2.45) is 0 Å². The average molecular weight is 1050 g/mol. The molecular formula is C78H52N4. The van der Waals surface area contributed by atoms with E-state index in [2.05, 4.69) is 334 Å². The molecule has 16 rings (SSSR count). The molecule has 0 aliphatic rings. The molecule has 16 aromatic rings. The molecule has 0 aliphatic heterocycles. The third-order valence-corrected chi connectivity index (χ3v) is 16.6. The maximum Gasteiger partial charge on any atom is 0.0547 e. The zero-order valence-corrected chi connectivity index (χ0v) is 44.8. The summed E-state index contributed by atoms with van der Waals surface area (Å²) in [7, 11) is 0. The second-order valence-electron chi connectivity index (χ2n) is 21.3. The van der Waals surface area contributed by atoms with Crippen LogP contribution in [0, 0.1) is 0 Å². The van der Waals surface area contributed by atoms with Crippen molar-refractivity contribution in [3.63, 3.8) is 0 Å². The number of hydrogen-bond donors (Lipinski definition) is 0. The van der Waals surface area contributed by atoms with Crippen molar-refractivity contribution in [2.75, 3.05) is 4.90 Å². The number of anilines is 3. The lowest BCUT2D eigenvalue weighted by Crippen LogP contribution is -2.10. The van der Waals surface area contributed by atoms with Crippen LogP contribution < -0.4 is 4.90 Å². The third-order valence-electron chi connectivity index (χ3n) is 16.6. The monoisotopic (exact) mass is 1040 g/mol. The summed E-state index contributed by atoms with van der Waals surface area (Å²) in [6.07, 6.45) is 0. The number of hydrogen-bond acceptors (Lipinski definition) is 1. The summed E-state index contributed by atoms with van der Waals surface area (Å²) in [6, 6.07) is 115. The normalized spacial score (nSPS) is 11.7. The lowest BCUT2D eigenvalue weighted by atomic mass is 9.95. The molecular weight excluding hydrogens is 993 g/mol. The van der Waals surface area contributed by atoms with E-state index in [1.165, 1.54) is 98.9 Å². The van der Waals surface area contributed by atoms with E-state index in [1.54, 1.807) is 0 Å². The van der Waals surface area contributed by atoms with E-state index in [1.807, 2.05) is 0 Å². The number of para-hydroxylation sites is 3. The molecule has 0 fully saturated rings. The first-order valence-electron chi connectivity index (χ1n) is 28.2. The van der Waals surface area contributed by atoms with Crippen molar-refractivity contribution in [2.45, 2.75) is 0 Å². The van der Waals surface area contributed by atoms with Gasteiger partial charge in [-0.15, -0.1) is 0 Å². The highest BCUT2D eigenvalue weighted by molar-refractivity contribution is 6.22. The number of benzene rings is 13. The molecule has 0 radical (unpaired) electrons. The second kappa shape index (κ2) is 19.5. The summed E-state index contributed by atoms with van der Waals surface area (Å²) in [6.45, 7) is 0. The largest absolute Gasteiger partial charge is 0.311 e. The number of fused-ring (bicyclic) bond motifs is 9. The fraction of sp³-hybridized carbons (Fsp3) is 0. The van der Waals surface area contributed by atoms with Crippen molar-refractivity contribution in [3.05, 3.63) is 315 Å². The summed E-state index contributed by atoms with van der Waals surface area (Å²) < 4.78 is 7.33. The Balaban J connectivity index is 0.831. The van der Waals surface area contributed by atoms with Gasteiger partial charge in [-0.25, -0.2) is 0 Å². The van der Waals surface area contributed by atoms with Gasteiger partial charge in [0, 0.05) is 66.4 Å². The van der Waals surface area contributed by atoms with Gasteiger partial charge < -0.3 is 18.6 Å². The summed E-state index contributed by atoms with van der Waals surface area (Å²) >= 11 is 0. The Labute approximate surface area is 475 Å². The predicted octanol–water partition coefficient (Wildman–Crippen LogP) is 21.1. The van der Waals surface area contributed by atoms with Crippen LogP contribution in [0.15, 0.2) is 315 Å². The Bertz CT molecular complexity index is 4950. The Morgan fingerprint density at radius 1 is 0.195 bits per heavy atom. The zero-order valence-electron chi connectivity index (χ0n) is 44.8. The summed E-state index contributed by atoms with van der Waals surface area (Å²) in [5.74, 6) is 0. The standard InChI is InChI=1S/C78H52N4/c1-5-19-53(20-6-1)56-35-40-60(41-36-56)79(61-42-37-57(38-43-61)54-21-7-2-8-22-54)62-44-46-63(47-45-62)81-71-31-15-13-27-67(71)77-65(29-17-33-75(77)81)66-30-18-34-76-78(66)68-28-14-16-32-72(68)82(76)64-48-50-74-70(52-64)69-51-58(55-23-9-3-10-24-55)39-49-73(69)80(74)59-25-11-4-12-26-59/h1-52H.